The number of aromatic amines is 1. The number of pyridine rings is 1. The largest absolute Gasteiger partial charge is 0.354 e. The monoisotopic (exact) mass is 479 g/mol. The first-order valence-electron chi connectivity index (χ1n) is 11.3. The Bertz CT molecular complexity index is 1300. The number of halogens is 2. The van der Waals surface area contributed by atoms with Gasteiger partial charge in [0.25, 0.3) is 5.91 Å². The lowest BCUT2D eigenvalue weighted by Gasteiger charge is -2.22. The van der Waals surface area contributed by atoms with Crippen LogP contribution in [0, 0.1) is 11.3 Å². The second-order valence-corrected chi connectivity index (χ2v) is 9.53. The number of aromatic nitrogens is 2. The van der Waals surface area contributed by atoms with E-state index in [4.69, 9.17) is 11.6 Å². The first-order chi connectivity index (χ1) is 16.4. The number of benzene rings is 1. The van der Waals surface area contributed by atoms with Crippen molar-refractivity contribution in [3.05, 3.63) is 64.7 Å². The van der Waals surface area contributed by atoms with Crippen molar-refractivity contribution in [2.45, 2.75) is 55.8 Å². The summed E-state index contributed by atoms with van der Waals surface area (Å²) in [6.45, 7) is 0. The third kappa shape index (κ3) is 4.62. The Morgan fingerprint density at radius 2 is 2.03 bits per heavy atom. The van der Waals surface area contributed by atoms with Crippen molar-refractivity contribution in [1.29, 1.82) is 5.26 Å². The molecule has 174 valence electrons. The van der Waals surface area contributed by atoms with Crippen LogP contribution < -0.4 is 10.6 Å². The molecule has 34 heavy (non-hydrogen) atoms. The van der Waals surface area contributed by atoms with Gasteiger partial charge in [-0.15, -0.1) is 0 Å². The van der Waals surface area contributed by atoms with E-state index < -0.39 is 29.6 Å². The molecule has 5 rings (SSSR count). The van der Waals surface area contributed by atoms with Gasteiger partial charge in [0.2, 0.25) is 5.91 Å². The highest BCUT2D eigenvalue weighted by molar-refractivity contribution is 6.35. The summed E-state index contributed by atoms with van der Waals surface area (Å²) in [5.74, 6) is -0.680. The van der Waals surface area contributed by atoms with Crippen molar-refractivity contribution in [1.82, 2.24) is 20.6 Å². The molecular formula is C25H23ClFN5O2. The Hall–Kier alpha value is -3.44. The number of carbonyl (C=O) groups excluding carboxylic acids is 2. The molecule has 7 nitrogen and oxygen atoms in total. The van der Waals surface area contributed by atoms with E-state index in [0.717, 1.165) is 23.9 Å². The third-order valence-corrected chi connectivity index (χ3v) is 6.76. The van der Waals surface area contributed by atoms with Gasteiger partial charge in [0.1, 0.15) is 23.4 Å². The normalized spacial score (nSPS) is 18.0. The molecule has 2 aromatic heterocycles. The average Bonchev–Trinajstić information content (AvgIpc) is 3.75. The van der Waals surface area contributed by atoms with Crippen molar-refractivity contribution in [2.24, 2.45) is 0 Å². The van der Waals surface area contributed by atoms with Crippen LogP contribution in [0.2, 0.25) is 5.02 Å². The molecule has 9 heteroatoms. The maximum Gasteiger partial charge on any atom is 0.268 e. The average molecular weight is 480 g/mol. The lowest BCUT2D eigenvalue weighted by molar-refractivity contribution is -0.124. The minimum Gasteiger partial charge on any atom is -0.354 e. The summed E-state index contributed by atoms with van der Waals surface area (Å²) in [7, 11) is 0. The highest BCUT2D eigenvalue weighted by Crippen LogP contribution is 2.44. The van der Waals surface area contributed by atoms with Crippen molar-refractivity contribution in [2.75, 3.05) is 0 Å². The SMILES string of the molecule is N#CC(NC(=O)[C@H](CC1(F)CC1)NC(=O)c1ccc(C2CC2)[nH]1)c1cncc2cccc(Cl)c12. The zero-order valence-corrected chi connectivity index (χ0v) is 19.0. The quantitative estimate of drug-likeness (QED) is 0.442. The van der Waals surface area contributed by atoms with Crippen LogP contribution in [-0.2, 0) is 4.79 Å². The molecule has 0 saturated heterocycles. The van der Waals surface area contributed by atoms with E-state index in [1.54, 1.807) is 24.4 Å². The molecule has 0 spiro atoms. The molecule has 2 aliphatic carbocycles. The maximum absolute atomic E-state index is 14.7. The summed E-state index contributed by atoms with van der Waals surface area (Å²) in [6, 6.07) is 8.66. The van der Waals surface area contributed by atoms with Crippen molar-refractivity contribution >= 4 is 34.2 Å². The van der Waals surface area contributed by atoms with Crippen LogP contribution in [0.3, 0.4) is 0 Å². The van der Waals surface area contributed by atoms with Gasteiger partial charge in [0.05, 0.1) is 6.07 Å². The van der Waals surface area contributed by atoms with Crippen LogP contribution in [0.15, 0.2) is 42.7 Å². The number of hydrogen-bond donors (Lipinski definition) is 3. The van der Waals surface area contributed by atoms with Gasteiger partial charge in [0.15, 0.2) is 0 Å². The van der Waals surface area contributed by atoms with E-state index in [1.165, 1.54) is 6.20 Å². The van der Waals surface area contributed by atoms with Gasteiger partial charge >= 0.3 is 0 Å². The molecular weight excluding hydrogens is 457 g/mol. The highest BCUT2D eigenvalue weighted by atomic mass is 35.5. The van der Waals surface area contributed by atoms with E-state index in [1.807, 2.05) is 12.1 Å². The summed E-state index contributed by atoms with van der Waals surface area (Å²) >= 11 is 6.36. The van der Waals surface area contributed by atoms with Crippen LogP contribution in [0.25, 0.3) is 10.8 Å². The smallest absolute Gasteiger partial charge is 0.268 e. The Morgan fingerprint density at radius 3 is 2.74 bits per heavy atom. The second kappa shape index (κ2) is 8.73. The Morgan fingerprint density at radius 1 is 1.24 bits per heavy atom. The number of fused-ring (bicyclic) bond motifs is 1. The molecule has 2 atom stereocenters. The minimum atomic E-state index is -1.49. The van der Waals surface area contributed by atoms with Gasteiger partial charge in [-0.2, -0.15) is 5.26 Å². The summed E-state index contributed by atoms with van der Waals surface area (Å²) in [4.78, 5) is 33.3. The zero-order chi connectivity index (χ0) is 23.9. The molecule has 0 radical (unpaired) electrons. The summed E-state index contributed by atoms with van der Waals surface area (Å²) in [5.41, 5.74) is 0.255. The summed E-state index contributed by atoms with van der Waals surface area (Å²) < 4.78 is 14.7. The van der Waals surface area contributed by atoms with Crippen LogP contribution in [0.4, 0.5) is 4.39 Å². The van der Waals surface area contributed by atoms with Gasteiger partial charge in [0, 0.05) is 45.9 Å². The van der Waals surface area contributed by atoms with Crippen LogP contribution in [0.1, 0.15) is 65.8 Å². The molecule has 3 aromatic rings. The molecule has 0 aliphatic heterocycles. The van der Waals surface area contributed by atoms with Crippen molar-refractivity contribution in [3.63, 3.8) is 0 Å². The van der Waals surface area contributed by atoms with Crippen LogP contribution in [0.5, 0.6) is 0 Å². The Labute approximate surface area is 200 Å². The van der Waals surface area contributed by atoms with Gasteiger partial charge in [-0.05, 0) is 49.8 Å². The molecule has 2 fully saturated rings. The molecule has 2 heterocycles. The summed E-state index contributed by atoms with van der Waals surface area (Å²) in [5, 5.41) is 16.9. The first kappa shape index (κ1) is 22.4. The third-order valence-electron chi connectivity index (χ3n) is 6.44. The number of H-pyrrole nitrogens is 1. The number of nitrogens with zero attached hydrogens (tertiary/aromatic N) is 2. The van der Waals surface area contributed by atoms with Crippen LogP contribution in [-0.4, -0.2) is 33.5 Å². The number of hydrogen-bond acceptors (Lipinski definition) is 4. The predicted molar refractivity (Wildman–Crippen MR) is 125 cm³/mol. The molecule has 1 unspecified atom stereocenters. The minimum absolute atomic E-state index is 0.159. The van der Waals surface area contributed by atoms with E-state index in [2.05, 4.69) is 26.7 Å². The molecule has 1 aromatic carbocycles. The summed E-state index contributed by atoms with van der Waals surface area (Å²) in [6.07, 6.45) is 5.78. The van der Waals surface area contributed by atoms with Gasteiger partial charge in [-0.25, -0.2) is 4.39 Å². The van der Waals surface area contributed by atoms with Crippen molar-refractivity contribution in [3.8, 4) is 6.07 Å². The second-order valence-electron chi connectivity index (χ2n) is 9.12. The number of carbonyl (C=O) groups is 2. The lowest BCUT2D eigenvalue weighted by Crippen LogP contribution is -2.49. The number of nitrogens with one attached hydrogen (secondary N) is 3. The molecule has 2 aliphatic rings. The first-order valence-corrected chi connectivity index (χ1v) is 11.7. The van der Waals surface area contributed by atoms with Gasteiger partial charge < -0.3 is 15.6 Å². The van der Waals surface area contributed by atoms with E-state index in [-0.39, 0.29) is 6.42 Å². The molecule has 3 N–H and O–H groups in total. The van der Waals surface area contributed by atoms with Crippen molar-refractivity contribution < 1.29 is 14.0 Å². The predicted octanol–water partition coefficient (Wildman–Crippen LogP) is 4.47. The molecule has 2 amide bonds. The number of rotatable bonds is 8. The van der Waals surface area contributed by atoms with E-state index in [9.17, 15) is 19.2 Å². The molecule has 2 saturated carbocycles. The van der Waals surface area contributed by atoms with E-state index >= 15 is 0 Å². The Balaban J connectivity index is 1.36. The fourth-order valence-corrected chi connectivity index (χ4v) is 4.48. The zero-order valence-electron chi connectivity index (χ0n) is 18.3. The maximum atomic E-state index is 14.7. The molecule has 0 bridgehead atoms. The number of alkyl halides is 1. The fourth-order valence-electron chi connectivity index (χ4n) is 4.18. The number of nitriles is 1. The fraction of sp³-hybridized carbons (Fsp3) is 0.360. The van der Waals surface area contributed by atoms with Crippen LogP contribution >= 0.6 is 11.6 Å². The standard InChI is InChI=1S/C25H23ClFN5O2/c26-17-3-1-2-15-12-29-13-16(22(15)17)21(11-28)32-24(34)20(10-25(27)8-9-25)31-23(33)19-7-6-18(30-19)14-4-5-14/h1-3,6-7,12-14,20-21,30H,4-5,8-10H2,(H,31,33)(H,32,34)/t20-,21?/m0/s1. The van der Waals surface area contributed by atoms with Gasteiger partial charge in [-0.1, -0.05) is 23.7 Å². The highest BCUT2D eigenvalue weighted by Gasteiger charge is 2.47. The topological polar surface area (TPSA) is 111 Å². The number of amides is 2. The van der Waals surface area contributed by atoms with E-state index in [0.29, 0.717) is 40.4 Å². The lowest BCUT2D eigenvalue weighted by atomic mass is 10.0. The van der Waals surface area contributed by atoms with Gasteiger partial charge in [-0.3, -0.25) is 14.6 Å². The Kier molecular flexibility index (Phi) is 5.74.